The Morgan fingerprint density at radius 1 is 0.741 bits per heavy atom. The van der Waals surface area contributed by atoms with Crippen LogP contribution in [-0.2, 0) is 0 Å². The van der Waals surface area contributed by atoms with Crippen molar-refractivity contribution >= 4 is 27.5 Å². The molecule has 0 aliphatic heterocycles. The molecule has 0 fully saturated rings. The highest BCUT2D eigenvalue weighted by Gasteiger charge is 2.13. The molecule has 0 bridgehead atoms. The van der Waals surface area contributed by atoms with E-state index in [0.29, 0.717) is 0 Å². The zero-order valence-corrected chi connectivity index (χ0v) is 15.4. The van der Waals surface area contributed by atoms with Crippen molar-refractivity contribution in [3.63, 3.8) is 0 Å². The van der Waals surface area contributed by atoms with Crippen LogP contribution in [0.5, 0.6) is 0 Å². The van der Waals surface area contributed by atoms with Gasteiger partial charge in [0, 0.05) is 16.5 Å². The van der Waals surface area contributed by atoms with Crippen LogP contribution in [0.25, 0.3) is 38.6 Å². The van der Waals surface area contributed by atoms with E-state index >= 15 is 0 Å². The van der Waals surface area contributed by atoms with Gasteiger partial charge < -0.3 is 4.57 Å². The van der Waals surface area contributed by atoms with Gasteiger partial charge in [-0.1, -0.05) is 72.3 Å². The number of aromatic nitrogens is 1. The predicted octanol–water partition coefficient (Wildman–Crippen LogP) is 7.13. The van der Waals surface area contributed by atoms with E-state index < -0.39 is 0 Å². The second-order valence-electron chi connectivity index (χ2n) is 7.11. The van der Waals surface area contributed by atoms with Crippen molar-refractivity contribution < 1.29 is 0 Å². The summed E-state index contributed by atoms with van der Waals surface area (Å²) in [5.74, 6) is 0. The molecule has 1 aliphatic rings. The van der Waals surface area contributed by atoms with Crippen molar-refractivity contribution in [2.45, 2.75) is 13.3 Å². The van der Waals surface area contributed by atoms with Gasteiger partial charge in [-0.3, -0.25) is 0 Å². The predicted molar refractivity (Wildman–Crippen MR) is 117 cm³/mol. The van der Waals surface area contributed by atoms with Crippen LogP contribution in [-0.4, -0.2) is 4.57 Å². The lowest BCUT2D eigenvalue weighted by Crippen LogP contribution is -1.94. The lowest BCUT2D eigenvalue weighted by Gasteiger charge is -2.09. The summed E-state index contributed by atoms with van der Waals surface area (Å²) in [5.41, 5.74) is 7.51. The summed E-state index contributed by atoms with van der Waals surface area (Å²) in [4.78, 5) is 0. The zero-order valence-electron chi connectivity index (χ0n) is 15.4. The van der Waals surface area contributed by atoms with Crippen LogP contribution in [0.15, 0.2) is 97.1 Å². The summed E-state index contributed by atoms with van der Waals surface area (Å²) in [7, 11) is 0. The molecule has 0 atom stereocenters. The van der Waals surface area contributed by atoms with Gasteiger partial charge in [0.2, 0.25) is 0 Å². The van der Waals surface area contributed by atoms with Gasteiger partial charge >= 0.3 is 0 Å². The Balaban J connectivity index is 1.79. The number of hydrogen-bond donors (Lipinski definition) is 0. The molecule has 1 aromatic heterocycles. The van der Waals surface area contributed by atoms with Gasteiger partial charge in [-0.05, 0) is 54.8 Å². The minimum Gasteiger partial charge on any atom is -0.309 e. The minimum atomic E-state index is 0.981. The molecule has 0 amide bonds. The van der Waals surface area contributed by atoms with Gasteiger partial charge in [0.05, 0.1) is 11.0 Å². The average molecular weight is 347 g/mol. The molecule has 3 aromatic carbocycles. The summed E-state index contributed by atoms with van der Waals surface area (Å²) in [6.45, 7) is 2.13. The molecule has 0 spiro atoms. The van der Waals surface area contributed by atoms with Gasteiger partial charge in [0.1, 0.15) is 0 Å². The Bertz CT molecular complexity index is 1230. The SMILES string of the molecule is Cc1ccc(-c2ccc3c(c2)c2ccccc2n3C2=CC=CCC=C2)cc1. The van der Waals surface area contributed by atoms with Gasteiger partial charge in [-0.2, -0.15) is 0 Å². The van der Waals surface area contributed by atoms with E-state index in [-0.39, 0.29) is 0 Å². The van der Waals surface area contributed by atoms with E-state index in [1.807, 2.05) is 0 Å². The van der Waals surface area contributed by atoms with Crippen LogP contribution in [0.3, 0.4) is 0 Å². The normalized spacial score (nSPS) is 13.9. The van der Waals surface area contributed by atoms with Gasteiger partial charge in [-0.15, -0.1) is 0 Å². The monoisotopic (exact) mass is 347 g/mol. The van der Waals surface area contributed by atoms with E-state index in [1.165, 1.54) is 44.2 Å². The van der Waals surface area contributed by atoms with Gasteiger partial charge in [-0.25, -0.2) is 0 Å². The summed E-state index contributed by atoms with van der Waals surface area (Å²) in [5, 5.41) is 2.59. The van der Waals surface area contributed by atoms with Crippen LogP contribution in [0.2, 0.25) is 0 Å². The first kappa shape index (κ1) is 15.9. The van der Waals surface area contributed by atoms with Gasteiger partial charge in [0.25, 0.3) is 0 Å². The Labute approximate surface area is 159 Å². The Hall–Kier alpha value is -3.32. The van der Waals surface area contributed by atoms with Crippen molar-refractivity contribution in [2.75, 3.05) is 0 Å². The van der Waals surface area contributed by atoms with E-state index in [9.17, 15) is 0 Å². The molecule has 4 aromatic rings. The number of benzene rings is 3. The standard InChI is InChI=1S/C26H21N/c1-19-12-14-20(15-13-19)21-16-17-26-24(18-21)23-10-6-7-11-25(23)27(26)22-8-4-2-3-5-9-22/h2,4-18H,3H2,1H3. The molecule has 5 rings (SSSR count). The smallest absolute Gasteiger partial charge is 0.0541 e. The first-order chi connectivity index (χ1) is 13.3. The average Bonchev–Trinajstić information content (AvgIpc) is 2.84. The zero-order chi connectivity index (χ0) is 18.2. The maximum atomic E-state index is 2.37. The number of para-hydroxylation sites is 1. The molecule has 0 saturated carbocycles. The molecule has 27 heavy (non-hydrogen) atoms. The van der Waals surface area contributed by atoms with Crippen molar-refractivity contribution in [1.82, 2.24) is 4.57 Å². The molecular weight excluding hydrogens is 326 g/mol. The van der Waals surface area contributed by atoms with Gasteiger partial charge in [0.15, 0.2) is 0 Å². The van der Waals surface area contributed by atoms with Crippen molar-refractivity contribution in [2.24, 2.45) is 0 Å². The fraction of sp³-hybridized carbons (Fsp3) is 0.0769. The Morgan fingerprint density at radius 3 is 2.41 bits per heavy atom. The summed E-state index contributed by atoms with van der Waals surface area (Å²) < 4.78 is 2.37. The molecule has 0 saturated heterocycles. The third-order valence-corrected chi connectivity index (χ3v) is 5.28. The summed E-state index contributed by atoms with van der Waals surface area (Å²) in [6, 6.07) is 24.3. The maximum absolute atomic E-state index is 2.37. The second-order valence-corrected chi connectivity index (χ2v) is 7.11. The highest BCUT2D eigenvalue weighted by atomic mass is 15.0. The first-order valence-corrected chi connectivity index (χ1v) is 9.45. The molecule has 0 radical (unpaired) electrons. The highest BCUT2D eigenvalue weighted by molar-refractivity contribution is 6.11. The van der Waals surface area contributed by atoms with E-state index in [4.69, 9.17) is 0 Å². The lowest BCUT2D eigenvalue weighted by molar-refractivity contribution is 1.24. The second kappa shape index (κ2) is 6.44. The van der Waals surface area contributed by atoms with E-state index in [2.05, 4.69) is 109 Å². The molecule has 0 N–H and O–H groups in total. The minimum absolute atomic E-state index is 0.981. The topological polar surface area (TPSA) is 4.93 Å². The van der Waals surface area contributed by atoms with Crippen molar-refractivity contribution in [1.29, 1.82) is 0 Å². The number of hydrogen-bond acceptors (Lipinski definition) is 0. The molecule has 130 valence electrons. The Kier molecular flexibility index (Phi) is 3.79. The van der Waals surface area contributed by atoms with Crippen LogP contribution in [0.1, 0.15) is 12.0 Å². The third kappa shape index (κ3) is 2.72. The van der Waals surface area contributed by atoms with Crippen LogP contribution < -0.4 is 0 Å². The van der Waals surface area contributed by atoms with E-state index in [0.717, 1.165) is 6.42 Å². The fourth-order valence-electron chi connectivity index (χ4n) is 3.89. The summed E-state index contributed by atoms with van der Waals surface area (Å²) >= 11 is 0. The summed E-state index contributed by atoms with van der Waals surface area (Å²) in [6.07, 6.45) is 12.0. The maximum Gasteiger partial charge on any atom is 0.0541 e. The number of allylic oxidation sites excluding steroid dienone is 6. The highest BCUT2D eigenvalue weighted by Crippen LogP contribution is 2.35. The van der Waals surface area contributed by atoms with Crippen LogP contribution in [0.4, 0.5) is 0 Å². The van der Waals surface area contributed by atoms with Crippen LogP contribution in [0, 0.1) is 6.92 Å². The van der Waals surface area contributed by atoms with Crippen molar-refractivity contribution in [3.8, 4) is 11.1 Å². The first-order valence-electron chi connectivity index (χ1n) is 9.45. The third-order valence-electron chi connectivity index (χ3n) is 5.28. The molecule has 1 aliphatic carbocycles. The number of aryl methyl sites for hydroxylation is 1. The number of nitrogens with zero attached hydrogens (tertiary/aromatic N) is 1. The molecule has 1 heteroatoms. The molecule has 1 nitrogen and oxygen atoms in total. The molecule has 1 heterocycles. The van der Waals surface area contributed by atoms with Crippen molar-refractivity contribution in [3.05, 3.63) is 103 Å². The molecular formula is C26H21N. The number of rotatable bonds is 2. The van der Waals surface area contributed by atoms with Crippen LogP contribution >= 0.6 is 0 Å². The lowest BCUT2D eigenvalue weighted by atomic mass is 10.0. The quantitative estimate of drug-likeness (QED) is 0.363. The number of fused-ring (bicyclic) bond motifs is 3. The van der Waals surface area contributed by atoms with E-state index in [1.54, 1.807) is 0 Å². The Morgan fingerprint density at radius 2 is 1.52 bits per heavy atom. The largest absolute Gasteiger partial charge is 0.309 e. The molecule has 0 unspecified atom stereocenters. The fourth-order valence-corrected chi connectivity index (χ4v) is 3.89.